The van der Waals surface area contributed by atoms with E-state index in [0.717, 1.165) is 12.8 Å². The zero-order valence-electron chi connectivity index (χ0n) is 12.3. The molecule has 0 amide bonds. The summed E-state index contributed by atoms with van der Waals surface area (Å²) in [6.45, 7) is 17.4. The molecule has 2 N–H and O–H groups in total. The average molecular weight is 249 g/mol. The van der Waals surface area contributed by atoms with Crippen molar-refractivity contribution in [2.75, 3.05) is 0 Å². The van der Waals surface area contributed by atoms with Gasteiger partial charge in [-0.05, 0) is 26.7 Å². The van der Waals surface area contributed by atoms with E-state index in [4.69, 9.17) is 12.3 Å². The van der Waals surface area contributed by atoms with Gasteiger partial charge in [-0.2, -0.15) is 5.70 Å². The summed E-state index contributed by atoms with van der Waals surface area (Å²) in [7, 11) is 0. The van der Waals surface area contributed by atoms with Crippen LogP contribution in [-0.2, 0) is 0 Å². The molecule has 0 aliphatic heterocycles. The number of allylic oxidation sites excluding steroid dienone is 5. The van der Waals surface area contributed by atoms with Gasteiger partial charge in [0.2, 0.25) is 0 Å². The summed E-state index contributed by atoms with van der Waals surface area (Å²) in [5.41, 5.74) is 7.13. The van der Waals surface area contributed by atoms with Gasteiger partial charge in [0.15, 0.2) is 0 Å². The van der Waals surface area contributed by atoms with Crippen molar-refractivity contribution in [1.82, 2.24) is 0 Å². The third kappa shape index (κ3) is 29.3. The van der Waals surface area contributed by atoms with Crippen LogP contribution in [0.15, 0.2) is 29.5 Å². The quantitative estimate of drug-likeness (QED) is 0.457. The number of rotatable bonds is 4. The SMILES string of the molecule is CC.CC.[CH-]=C(N)CC/C(C)=C/C=C\C.[K+]. The molecule has 0 aromatic rings. The second-order valence-electron chi connectivity index (χ2n) is 2.61. The molecule has 0 aliphatic rings. The number of nitrogens with two attached hydrogens (primary N) is 1. The molecule has 0 radical (unpaired) electrons. The van der Waals surface area contributed by atoms with Gasteiger partial charge in [-0.3, -0.25) is 0 Å². The average Bonchev–Trinajstić information content (AvgIpc) is 2.29. The van der Waals surface area contributed by atoms with Crippen molar-refractivity contribution in [2.24, 2.45) is 5.73 Å². The normalized spacial score (nSPS) is 9.25. The molecule has 0 unspecified atom stereocenters. The fourth-order valence-electron chi connectivity index (χ4n) is 0.685. The molecule has 0 heterocycles. The Balaban J connectivity index is -0.000000129. The second-order valence-corrected chi connectivity index (χ2v) is 2.61. The van der Waals surface area contributed by atoms with E-state index in [1.165, 1.54) is 5.57 Å². The Bertz CT molecular complexity index is 181. The minimum atomic E-state index is 0. The molecule has 1 nitrogen and oxygen atoms in total. The maximum absolute atomic E-state index is 5.32. The molecule has 0 aliphatic carbocycles. The van der Waals surface area contributed by atoms with Gasteiger partial charge in [0.25, 0.3) is 0 Å². The van der Waals surface area contributed by atoms with Crippen LogP contribution in [0.25, 0.3) is 0 Å². The molecule has 0 aromatic heterocycles. The van der Waals surface area contributed by atoms with Crippen LogP contribution in [-0.4, -0.2) is 0 Å². The zero-order valence-corrected chi connectivity index (χ0v) is 15.4. The topological polar surface area (TPSA) is 26.0 Å². The fraction of sp³-hybridized carbons (Fsp3) is 0.571. The minimum absolute atomic E-state index is 0. The molecule has 0 atom stereocenters. The van der Waals surface area contributed by atoms with Crippen molar-refractivity contribution < 1.29 is 51.4 Å². The molecule has 2 heteroatoms. The summed E-state index contributed by atoms with van der Waals surface area (Å²) in [6, 6.07) is 0. The van der Waals surface area contributed by atoms with Gasteiger partial charge in [0.1, 0.15) is 0 Å². The van der Waals surface area contributed by atoms with Gasteiger partial charge >= 0.3 is 51.4 Å². The van der Waals surface area contributed by atoms with E-state index < -0.39 is 0 Å². The summed E-state index contributed by atoms with van der Waals surface area (Å²) >= 11 is 0. The molecule has 16 heavy (non-hydrogen) atoms. The van der Waals surface area contributed by atoms with Gasteiger partial charge in [-0.1, -0.05) is 51.5 Å². The third-order valence-electron chi connectivity index (χ3n) is 1.38. The van der Waals surface area contributed by atoms with E-state index in [1.807, 2.05) is 46.8 Å². The number of hydrogen-bond donors (Lipinski definition) is 1. The maximum atomic E-state index is 5.32. The first-order chi connectivity index (χ1) is 7.16. The van der Waals surface area contributed by atoms with Crippen LogP contribution in [0.4, 0.5) is 0 Å². The molecule has 0 aromatic carbocycles. The van der Waals surface area contributed by atoms with Crippen LogP contribution >= 0.6 is 0 Å². The van der Waals surface area contributed by atoms with E-state index >= 15 is 0 Å². The Labute approximate surface area is 146 Å². The van der Waals surface area contributed by atoms with E-state index in [2.05, 4.69) is 13.0 Å². The first kappa shape index (κ1) is 25.5. The second kappa shape index (κ2) is 24.8. The van der Waals surface area contributed by atoms with Crippen molar-refractivity contribution in [2.45, 2.75) is 54.4 Å². The molecular formula is C14H28KN. The molecular weight excluding hydrogens is 221 g/mol. The Kier molecular flexibility index (Phi) is 39.4. The van der Waals surface area contributed by atoms with E-state index in [0.29, 0.717) is 5.70 Å². The Hall–Kier alpha value is 0.656. The standard InChI is InChI=1S/C10H16N.2C2H6.K/c1-4-5-6-9(2)7-8-10(3)11;2*1-2;/h3-6H,7-8,11H2,1-2H3;2*1-2H3;/q-1;;;+1/b5-4-,9-6+;;;. The predicted molar refractivity (Wildman–Crippen MR) is 72.5 cm³/mol. The summed E-state index contributed by atoms with van der Waals surface area (Å²) in [4.78, 5) is 0. The van der Waals surface area contributed by atoms with Crippen molar-refractivity contribution in [3.8, 4) is 0 Å². The van der Waals surface area contributed by atoms with Crippen molar-refractivity contribution in [3.63, 3.8) is 0 Å². The van der Waals surface area contributed by atoms with Crippen molar-refractivity contribution >= 4 is 0 Å². The van der Waals surface area contributed by atoms with Crippen LogP contribution < -0.4 is 57.1 Å². The van der Waals surface area contributed by atoms with Crippen LogP contribution in [0.2, 0.25) is 0 Å². The van der Waals surface area contributed by atoms with Gasteiger partial charge in [0, 0.05) is 0 Å². The predicted octanol–water partition coefficient (Wildman–Crippen LogP) is 1.62. The molecule has 0 saturated carbocycles. The van der Waals surface area contributed by atoms with Crippen molar-refractivity contribution in [1.29, 1.82) is 0 Å². The zero-order chi connectivity index (χ0) is 12.7. The minimum Gasteiger partial charge on any atom is -0.494 e. The monoisotopic (exact) mass is 249 g/mol. The first-order valence-electron chi connectivity index (χ1n) is 5.82. The third-order valence-corrected chi connectivity index (χ3v) is 1.38. The number of hydrogen-bond acceptors (Lipinski definition) is 1. The van der Waals surface area contributed by atoms with Gasteiger partial charge in [-0.15, -0.1) is 0 Å². The van der Waals surface area contributed by atoms with Gasteiger partial charge in [0.05, 0.1) is 0 Å². The maximum Gasteiger partial charge on any atom is 1.00 e. The van der Waals surface area contributed by atoms with Gasteiger partial charge < -0.3 is 12.3 Å². The molecule has 0 rings (SSSR count). The van der Waals surface area contributed by atoms with Crippen LogP contribution in [0, 0.1) is 6.58 Å². The molecule has 90 valence electrons. The Morgan fingerprint density at radius 1 is 1.12 bits per heavy atom. The Morgan fingerprint density at radius 2 is 1.56 bits per heavy atom. The first-order valence-corrected chi connectivity index (χ1v) is 5.82. The molecule has 0 fully saturated rings. The fourth-order valence-corrected chi connectivity index (χ4v) is 0.685. The summed E-state index contributed by atoms with van der Waals surface area (Å²) in [5.74, 6) is 0. The largest absolute Gasteiger partial charge is 1.00 e. The van der Waals surface area contributed by atoms with Crippen LogP contribution in [0.1, 0.15) is 54.4 Å². The van der Waals surface area contributed by atoms with Crippen LogP contribution in [0.3, 0.4) is 0 Å². The van der Waals surface area contributed by atoms with Gasteiger partial charge in [-0.25, -0.2) is 0 Å². The molecule has 0 saturated heterocycles. The Morgan fingerprint density at radius 3 is 1.88 bits per heavy atom. The van der Waals surface area contributed by atoms with E-state index in [9.17, 15) is 0 Å². The summed E-state index contributed by atoms with van der Waals surface area (Å²) in [6.07, 6.45) is 7.82. The smallest absolute Gasteiger partial charge is 0.494 e. The molecule has 0 spiro atoms. The van der Waals surface area contributed by atoms with Crippen molar-refractivity contribution in [3.05, 3.63) is 36.1 Å². The van der Waals surface area contributed by atoms with E-state index in [-0.39, 0.29) is 51.4 Å². The van der Waals surface area contributed by atoms with Crippen LogP contribution in [0.5, 0.6) is 0 Å². The summed E-state index contributed by atoms with van der Waals surface area (Å²) in [5, 5.41) is 0. The summed E-state index contributed by atoms with van der Waals surface area (Å²) < 4.78 is 0. The molecule has 0 bridgehead atoms. The van der Waals surface area contributed by atoms with E-state index in [1.54, 1.807) is 0 Å².